The number of aromatic nitrogens is 2. The van der Waals surface area contributed by atoms with Crippen molar-refractivity contribution in [2.75, 3.05) is 0 Å². The number of benzene rings is 1. The fourth-order valence-corrected chi connectivity index (χ4v) is 1.29. The molecule has 6 heteroatoms. The first-order chi connectivity index (χ1) is 6.20. The molecule has 1 aromatic carbocycles. The Labute approximate surface area is 85.2 Å². The molecule has 1 heterocycles. The molecule has 14 heavy (non-hydrogen) atoms. The molecule has 0 unspecified atom stereocenters. The first-order valence-corrected chi connectivity index (χ1v) is 3.78. The van der Waals surface area contributed by atoms with Gasteiger partial charge in [0.05, 0.1) is 17.1 Å². The van der Waals surface area contributed by atoms with Crippen molar-refractivity contribution in [3.05, 3.63) is 33.2 Å². The zero-order valence-corrected chi connectivity index (χ0v) is 8.09. The van der Waals surface area contributed by atoms with E-state index in [1.807, 2.05) is 0 Å². The summed E-state index contributed by atoms with van der Waals surface area (Å²) < 4.78 is 0. The molecule has 1 aromatic heterocycles. The fourth-order valence-electron chi connectivity index (χ4n) is 1.29. The number of hydrogen-bond acceptors (Lipinski definition) is 2. The Hall–Kier alpha value is -1.80. The summed E-state index contributed by atoms with van der Waals surface area (Å²) in [6.07, 6.45) is 0. The smallest absolute Gasteiger partial charge is 0.390 e. The average Bonchev–Trinajstić information content (AvgIpc) is 2.42. The van der Waals surface area contributed by atoms with E-state index in [0.717, 1.165) is 11.1 Å². The second kappa shape index (κ2) is 3.52. The Morgan fingerprint density at radius 2 is 1.86 bits per heavy atom. The summed E-state index contributed by atoms with van der Waals surface area (Å²) in [7, 11) is 0. The summed E-state index contributed by atoms with van der Waals surface area (Å²) in [5, 5.41) is 8.61. The van der Waals surface area contributed by atoms with Gasteiger partial charge in [-0.3, -0.25) is 0 Å². The average molecular weight is 211 g/mol. The lowest BCUT2D eigenvalue weighted by Crippen LogP contribution is -3.00. The van der Waals surface area contributed by atoms with E-state index in [9.17, 15) is 4.79 Å². The SMILES string of the molecule is Cc1cc2[nH]c(=O)[nH]c2cc1[N+]#N.[Cl-]. The molecular weight excluding hydrogens is 204 g/mol. The number of imidazole rings is 1. The Kier molecular flexibility index (Phi) is 2.58. The number of aromatic amines is 2. The molecule has 0 spiro atoms. The van der Waals surface area contributed by atoms with Crippen LogP contribution in [0.25, 0.3) is 16.0 Å². The van der Waals surface area contributed by atoms with Crippen LogP contribution >= 0.6 is 0 Å². The largest absolute Gasteiger partial charge is 1.00 e. The van der Waals surface area contributed by atoms with Gasteiger partial charge in [0.15, 0.2) is 4.98 Å². The highest BCUT2D eigenvalue weighted by Gasteiger charge is 2.12. The summed E-state index contributed by atoms with van der Waals surface area (Å²) in [5.74, 6) is 0. The standard InChI is InChI=1S/C8H6N4O.ClH/c1-4-2-6-7(3-5(4)12-9)11-8(13)10-6;/h2-3,9H,1H3;1H. The topological polar surface area (TPSA) is 76.8 Å². The highest BCUT2D eigenvalue weighted by atomic mass is 35.5. The Balaban J connectivity index is 0.000000980. The Morgan fingerprint density at radius 1 is 1.29 bits per heavy atom. The van der Waals surface area contributed by atoms with Crippen LogP contribution < -0.4 is 18.1 Å². The minimum atomic E-state index is -0.260. The van der Waals surface area contributed by atoms with Crippen LogP contribution in [0.3, 0.4) is 0 Å². The number of fused-ring (bicyclic) bond motifs is 1. The van der Waals surface area contributed by atoms with Crippen LogP contribution in [0.4, 0.5) is 5.69 Å². The molecule has 72 valence electrons. The zero-order valence-electron chi connectivity index (χ0n) is 7.34. The lowest BCUT2D eigenvalue weighted by molar-refractivity contribution is -0.00000312. The summed E-state index contributed by atoms with van der Waals surface area (Å²) in [4.78, 5) is 19.2. The lowest BCUT2D eigenvalue weighted by Gasteiger charge is -1.87. The minimum absolute atomic E-state index is 0. The molecule has 0 saturated heterocycles. The van der Waals surface area contributed by atoms with E-state index < -0.39 is 0 Å². The maximum Gasteiger partial charge on any atom is 0.390 e. The third-order valence-corrected chi connectivity index (χ3v) is 1.94. The van der Waals surface area contributed by atoms with Crippen molar-refractivity contribution >= 4 is 16.7 Å². The van der Waals surface area contributed by atoms with Crippen molar-refractivity contribution in [2.24, 2.45) is 0 Å². The van der Waals surface area contributed by atoms with Crippen molar-refractivity contribution in [2.45, 2.75) is 6.92 Å². The molecule has 0 aliphatic rings. The van der Waals surface area contributed by atoms with Gasteiger partial charge in [0.25, 0.3) is 0 Å². The highest BCUT2D eigenvalue weighted by molar-refractivity contribution is 5.80. The number of diazo groups is 1. The van der Waals surface area contributed by atoms with Gasteiger partial charge < -0.3 is 22.4 Å². The molecule has 0 aliphatic carbocycles. The molecule has 2 rings (SSSR count). The van der Waals surface area contributed by atoms with Crippen LogP contribution in [0.5, 0.6) is 0 Å². The van der Waals surface area contributed by atoms with Crippen LogP contribution in [0.15, 0.2) is 16.9 Å². The van der Waals surface area contributed by atoms with Gasteiger partial charge in [-0.25, -0.2) is 4.79 Å². The van der Waals surface area contributed by atoms with E-state index >= 15 is 0 Å². The molecule has 0 aliphatic heterocycles. The van der Waals surface area contributed by atoms with E-state index in [0.29, 0.717) is 11.2 Å². The number of halogens is 1. The van der Waals surface area contributed by atoms with E-state index in [1.165, 1.54) is 0 Å². The maximum absolute atomic E-state index is 10.9. The molecule has 0 radical (unpaired) electrons. The quantitative estimate of drug-likeness (QED) is 0.528. The summed E-state index contributed by atoms with van der Waals surface area (Å²) >= 11 is 0. The second-order valence-electron chi connectivity index (χ2n) is 2.86. The first-order valence-electron chi connectivity index (χ1n) is 3.78. The number of H-pyrrole nitrogens is 2. The van der Waals surface area contributed by atoms with Gasteiger partial charge >= 0.3 is 11.4 Å². The summed E-state index contributed by atoms with van der Waals surface area (Å²) in [5.41, 5.74) is 2.37. The van der Waals surface area contributed by atoms with Gasteiger partial charge in [0.2, 0.25) is 5.39 Å². The number of nitrogens with zero attached hydrogens (tertiary/aromatic N) is 2. The van der Waals surface area contributed by atoms with Crippen LogP contribution in [-0.4, -0.2) is 9.97 Å². The third kappa shape index (κ3) is 1.47. The van der Waals surface area contributed by atoms with Crippen LogP contribution in [0.2, 0.25) is 0 Å². The summed E-state index contributed by atoms with van der Waals surface area (Å²) in [6.45, 7) is 1.81. The molecule has 0 fully saturated rings. The summed E-state index contributed by atoms with van der Waals surface area (Å²) in [6, 6.07) is 3.37. The zero-order chi connectivity index (χ0) is 9.42. The second-order valence-corrected chi connectivity index (χ2v) is 2.86. The van der Waals surface area contributed by atoms with Crippen molar-refractivity contribution in [1.29, 1.82) is 5.39 Å². The van der Waals surface area contributed by atoms with Crippen molar-refractivity contribution in [3.8, 4) is 0 Å². The molecule has 2 N–H and O–H groups in total. The van der Waals surface area contributed by atoms with Crippen molar-refractivity contribution in [3.63, 3.8) is 0 Å². The number of hydrogen-bond donors (Lipinski definition) is 2. The Morgan fingerprint density at radius 3 is 2.43 bits per heavy atom. The predicted molar refractivity (Wildman–Crippen MR) is 48.4 cm³/mol. The number of nitrogens with one attached hydrogen (secondary N) is 2. The highest BCUT2D eigenvalue weighted by Crippen LogP contribution is 2.22. The van der Waals surface area contributed by atoms with E-state index in [4.69, 9.17) is 5.39 Å². The number of rotatable bonds is 0. The van der Waals surface area contributed by atoms with Crippen molar-refractivity contribution in [1.82, 2.24) is 9.97 Å². The van der Waals surface area contributed by atoms with Crippen LogP contribution in [0, 0.1) is 12.3 Å². The molecular formula is C8H7ClN4O. The van der Waals surface area contributed by atoms with Gasteiger partial charge in [-0.1, -0.05) is 0 Å². The minimum Gasteiger partial charge on any atom is -1.00 e. The van der Waals surface area contributed by atoms with Gasteiger partial charge in [-0.15, -0.1) is 0 Å². The predicted octanol–water partition coefficient (Wildman–Crippen LogP) is -1.35. The van der Waals surface area contributed by atoms with E-state index in [1.54, 1.807) is 19.1 Å². The molecule has 0 bridgehead atoms. The fraction of sp³-hybridized carbons (Fsp3) is 0.125. The maximum atomic E-state index is 10.9. The van der Waals surface area contributed by atoms with Gasteiger partial charge in [0, 0.05) is 5.56 Å². The van der Waals surface area contributed by atoms with Gasteiger partial charge in [-0.2, -0.15) is 0 Å². The first kappa shape index (κ1) is 10.3. The molecule has 5 nitrogen and oxygen atoms in total. The third-order valence-electron chi connectivity index (χ3n) is 1.94. The number of aryl methyl sites for hydroxylation is 1. The lowest BCUT2D eigenvalue weighted by atomic mass is 10.2. The van der Waals surface area contributed by atoms with Gasteiger partial charge in [-0.05, 0) is 13.0 Å². The monoisotopic (exact) mass is 210 g/mol. The normalized spacial score (nSPS) is 9.43. The molecule has 0 atom stereocenters. The van der Waals surface area contributed by atoms with Crippen molar-refractivity contribution < 1.29 is 12.4 Å². The van der Waals surface area contributed by atoms with Crippen LogP contribution in [0.1, 0.15) is 5.56 Å². The van der Waals surface area contributed by atoms with Gasteiger partial charge in [0.1, 0.15) is 0 Å². The molecule has 2 aromatic rings. The molecule has 0 saturated carbocycles. The Bertz CT molecular complexity index is 563. The van der Waals surface area contributed by atoms with Crippen LogP contribution in [-0.2, 0) is 0 Å². The van der Waals surface area contributed by atoms with E-state index in [2.05, 4.69) is 14.9 Å². The molecule has 0 amide bonds. The van der Waals surface area contributed by atoms with E-state index in [-0.39, 0.29) is 18.1 Å².